The van der Waals surface area contributed by atoms with Crippen molar-refractivity contribution in [2.24, 2.45) is 5.41 Å². The highest BCUT2D eigenvalue weighted by Gasteiger charge is 2.54. The molecule has 33 heavy (non-hydrogen) atoms. The smallest absolute Gasteiger partial charge is 0.145 e. The molecule has 9 heteroatoms. The molecule has 2 aliphatic rings. The van der Waals surface area contributed by atoms with Gasteiger partial charge in [-0.05, 0) is 52.5 Å². The maximum Gasteiger partial charge on any atom is 0.145 e. The van der Waals surface area contributed by atoms with Crippen LogP contribution in [0.5, 0.6) is 0 Å². The summed E-state index contributed by atoms with van der Waals surface area (Å²) in [5.41, 5.74) is 8.06. The summed E-state index contributed by atoms with van der Waals surface area (Å²) in [6.07, 6.45) is 6.99. The van der Waals surface area contributed by atoms with E-state index in [2.05, 4.69) is 55.2 Å². The number of nitrogens with zero attached hydrogens (tertiary/aromatic N) is 4. The van der Waals surface area contributed by atoms with E-state index in [1.165, 1.54) is 6.33 Å². The lowest BCUT2D eigenvalue weighted by Crippen LogP contribution is -2.34. The minimum atomic E-state index is -0.922. The molecule has 5 atom stereocenters. The standard InChI is InChI=1S/C24H21BrClN5O2/c25-16-7-13-2-1-12(8-17(13)30-21(16)26)14-3-5-24(9-14)10-18(19(32)20(24)33)31-6-4-15-22(27)28-11-29-23(15)31/h1-8,11,14,18-20,32-33H,9-10H2,(H2,27,28,29)/t14-,18+,19-,20-,24-/m0/s1. The van der Waals surface area contributed by atoms with Gasteiger partial charge in [0.15, 0.2) is 0 Å². The lowest BCUT2D eigenvalue weighted by Gasteiger charge is -2.27. The molecular weight excluding hydrogens is 506 g/mol. The van der Waals surface area contributed by atoms with Crippen molar-refractivity contribution in [2.45, 2.75) is 37.0 Å². The number of halogens is 2. The van der Waals surface area contributed by atoms with E-state index in [0.717, 1.165) is 26.3 Å². The summed E-state index contributed by atoms with van der Waals surface area (Å²) in [5.74, 6) is 0.512. The number of aliphatic hydroxyl groups is 2. The molecule has 0 unspecified atom stereocenters. The summed E-state index contributed by atoms with van der Waals surface area (Å²) in [6.45, 7) is 0. The first-order valence-electron chi connectivity index (χ1n) is 10.7. The van der Waals surface area contributed by atoms with E-state index >= 15 is 0 Å². The van der Waals surface area contributed by atoms with E-state index in [0.29, 0.717) is 29.5 Å². The minimum Gasteiger partial charge on any atom is -0.389 e. The zero-order chi connectivity index (χ0) is 22.9. The molecule has 0 radical (unpaired) electrons. The lowest BCUT2D eigenvalue weighted by atomic mass is 9.80. The first-order chi connectivity index (χ1) is 15.9. The normalized spacial score (nSPS) is 29.1. The molecule has 4 N–H and O–H groups in total. The van der Waals surface area contributed by atoms with E-state index in [9.17, 15) is 10.2 Å². The van der Waals surface area contributed by atoms with Gasteiger partial charge < -0.3 is 20.5 Å². The molecule has 0 bridgehead atoms. The van der Waals surface area contributed by atoms with Crippen molar-refractivity contribution in [3.8, 4) is 0 Å². The number of allylic oxidation sites excluding steroid dienone is 1. The Balaban J connectivity index is 1.31. The highest BCUT2D eigenvalue weighted by atomic mass is 79.9. The number of anilines is 1. The molecule has 2 aliphatic carbocycles. The molecule has 0 saturated heterocycles. The largest absolute Gasteiger partial charge is 0.389 e. The van der Waals surface area contributed by atoms with Gasteiger partial charge in [0, 0.05) is 22.9 Å². The van der Waals surface area contributed by atoms with Crippen LogP contribution in [-0.4, -0.2) is 41.9 Å². The maximum absolute atomic E-state index is 11.1. The average molecular weight is 527 g/mol. The molecule has 1 spiro atoms. The molecule has 4 aromatic rings. The third kappa shape index (κ3) is 3.19. The Kier molecular flexibility index (Phi) is 4.78. The zero-order valence-corrected chi connectivity index (χ0v) is 19.8. The number of fused-ring (bicyclic) bond motifs is 2. The summed E-state index contributed by atoms with van der Waals surface area (Å²) in [6, 6.07) is 9.68. The molecule has 0 amide bonds. The molecule has 1 fully saturated rings. The van der Waals surface area contributed by atoms with Gasteiger partial charge >= 0.3 is 0 Å². The van der Waals surface area contributed by atoms with E-state index in [1.807, 2.05) is 29.0 Å². The monoisotopic (exact) mass is 525 g/mol. The summed E-state index contributed by atoms with van der Waals surface area (Å²) in [7, 11) is 0. The van der Waals surface area contributed by atoms with Crippen molar-refractivity contribution >= 4 is 55.3 Å². The van der Waals surface area contributed by atoms with Crippen LogP contribution < -0.4 is 5.73 Å². The predicted molar refractivity (Wildman–Crippen MR) is 131 cm³/mol. The summed E-state index contributed by atoms with van der Waals surface area (Å²) in [5, 5.41) is 24.3. The second-order valence-electron chi connectivity index (χ2n) is 9.04. The molecule has 1 aromatic carbocycles. The number of rotatable bonds is 2. The first-order valence-corrected chi connectivity index (χ1v) is 11.9. The van der Waals surface area contributed by atoms with Gasteiger partial charge in [0.05, 0.1) is 27.5 Å². The van der Waals surface area contributed by atoms with Gasteiger partial charge in [-0.1, -0.05) is 35.9 Å². The van der Waals surface area contributed by atoms with Gasteiger partial charge in [-0.15, -0.1) is 0 Å². The van der Waals surface area contributed by atoms with E-state index in [-0.39, 0.29) is 12.0 Å². The van der Waals surface area contributed by atoms with E-state index in [1.54, 1.807) is 0 Å². The van der Waals surface area contributed by atoms with Gasteiger partial charge in [-0.25, -0.2) is 15.0 Å². The summed E-state index contributed by atoms with van der Waals surface area (Å²) < 4.78 is 2.68. The second-order valence-corrected chi connectivity index (χ2v) is 10.3. The first kappa shape index (κ1) is 21.0. The van der Waals surface area contributed by atoms with Gasteiger partial charge in [-0.3, -0.25) is 0 Å². The third-order valence-corrected chi connectivity index (χ3v) is 8.36. The SMILES string of the molecule is Nc1ncnc2c1ccn2[C@@H]1C[C@@]2(C=C[C@H](c3ccc4cc(Br)c(Cl)nc4c3)C2)[C@@H](O)[C@H]1O. The number of benzene rings is 1. The molecular formula is C24H21BrClN5O2. The van der Waals surface area contributed by atoms with Crippen LogP contribution in [0.15, 0.2) is 59.5 Å². The molecule has 168 valence electrons. The molecule has 3 aromatic heterocycles. The number of pyridine rings is 1. The molecule has 0 aliphatic heterocycles. The van der Waals surface area contributed by atoms with Crippen molar-refractivity contribution in [1.82, 2.24) is 19.5 Å². The van der Waals surface area contributed by atoms with Crippen LogP contribution in [0.3, 0.4) is 0 Å². The number of hydrogen-bond acceptors (Lipinski definition) is 6. The van der Waals surface area contributed by atoms with Crippen molar-refractivity contribution in [1.29, 1.82) is 0 Å². The minimum absolute atomic E-state index is 0.110. The third-order valence-electron chi connectivity index (χ3n) is 7.23. The van der Waals surface area contributed by atoms with Crippen LogP contribution in [0, 0.1) is 5.41 Å². The molecule has 6 rings (SSSR count). The van der Waals surface area contributed by atoms with Crippen molar-refractivity contribution < 1.29 is 10.2 Å². The van der Waals surface area contributed by atoms with E-state index in [4.69, 9.17) is 17.3 Å². The number of hydrogen-bond donors (Lipinski definition) is 3. The molecule has 3 heterocycles. The number of nitrogens with two attached hydrogens (primary N) is 1. The summed E-state index contributed by atoms with van der Waals surface area (Å²) >= 11 is 9.62. The Bertz CT molecular complexity index is 1440. The van der Waals surface area contributed by atoms with Crippen LogP contribution in [-0.2, 0) is 0 Å². The Morgan fingerprint density at radius 3 is 2.85 bits per heavy atom. The van der Waals surface area contributed by atoms with Crippen LogP contribution in [0.1, 0.15) is 30.4 Å². The number of aromatic nitrogens is 4. The van der Waals surface area contributed by atoms with Crippen LogP contribution in [0.4, 0.5) is 5.82 Å². The van der Waals surface area contributed by atoms with Gasteiger partial charge in [0.25, 0.3) is 0 Å². The number of nitrogen functional groups attached to an aromatic ring is 1. The Labute approximate surface area is 203 Å². The fraction of sp³-hybridized carbons (Fsp3) is 0.292. The average Bonchev–Trinajstić information content (AvgIpc) is 3.48. The molecule has 1 saturated carbocycles. The topological polar surface area (TPSA) is 110 Å². The van der Waals surface area contributed by atoms with Crippen molar-refractivity contribution in [3.05, 3.63) is 70.2 Å². The Morgan fingerprint density at radius 1 is 1.15 bits per heavy atom. The second kappa shape index (κ2) is 7.50. The van der Waals surface area contributed by atoms with Crippen LogP contribution >= 0.6 is 27.5 Å². The van der Waals surface area contributed by atoms with E-state index < -0.39 is 17.6 Å². The fourth-order valence-electron chi connectivity index (χ4n) is 5.52. The lowest BCUT2D eigenvalue weighted by molar-refractivity contribution is -0.0129. The fourth-order valence-corrected chi connectivity index (χ4v) is 6.00. The Hall–Kier alpha value is -2.52. The van der Waals surface area contributed by atoms with Gasteiger partial charge in [-0.2, -0.15) is 0 Å². The maximum atomic E-state index is 11.1. The van der Waals surface area contributed by atoms with Crippen molar-refractivity contribution in [3.63, 3.8) is 0 Å². The highest BCUT2D eigenvalue weighted by Crippen LogP contribution is 2.55. The predicted octanol–water partition coefficient (Wildman–Crippen LogP) is 4.37. The number of aliphatic hydroxyl groups excluding tert-OH is 2. The van der Waals surface area contributed by atoms with Crippen molar-refractivity contribution in [2.75, 3.05) is 5.73 Å². The highest BCUT2D eigenvalue weighted by molar-refractivity contribution is 9.10. The molecule has 7 nitrogen and oxygen atoms in total. The van der Waals surface area contributed by atoms with Gasteiger partial charge in [0.1, 0.15) is 29.0 Å². The quantitative estimate of drug-likeness (QED) is 0.264. The van der Waals surface area contributed by atoms with Gasteiger partial charge in [0.2, 0.25) is 0 Å². The van der Waals surface area contributed by atoms with Crippen LogP contribution in [0.2, 0.25) is 5.15 Å². The Morgan fingerprint density at radius 2 is 2.00 bits per heavy atom. The summed E-state index contributed by atoms with van der Waals surface area (Å²) in [4.78, 5) is 12.9. The zero-order valence-electron chi connectivity index (χ0n) is 17.4. The van der Waals surface area contributed by atoms with Crippen LogP contribution in [0.25, 0.3) is 21.9 Å².